The molecular weight excluding hydrogens is 427 g/mol. The van der Waals surface area contributed by atoms with Crippen LogP contribution in [0.25, 0.3) is 5.69 Å². The lowest BCUT2D eigenvalue weighted by molar-refractivity contribution is -0.137. The van der Waals surface area contributed by atoms with Crippen LogP contribution in [0.2, 0.25) is 0 Å². The highest BCUT2D eigenvalue weighted by molar-refractivity contribution is 6.00. The van der Waals surface area contributed by atoms with Crippen molar-refractivity contribution >= 4 is 23.3 Å². The Kier molecular flexibility index (Phi) is 7.83. The molecule has 32 heavy (non-hydrogen) atoms. The summed E-state index contributed by atoms with van der Waals surface area (Å²) in [5.74, 6) is -0.214. The number of anilines is 2. The van der Waals surface area contributed by atoms with Crippen LogP contribution < -0.4 is 21.1 Å². The monoisotopic (exact) mass is 449 g/mol. The SMILES string of the molecule is CC(N)=O.COc1ccc(C(F)(F)F)cc1NC(=O)Nc1ccc(-n2cncc2C)cc1. The molecule has 0 bridgehead atoms. The number of methoxy groups -OCH3 is 1. The van der Waals surface area contributed by atoms with Crippen molar-refractivity contribution in [3.63, 3.8) is 0 Å². The highest BCUT2D eigenvalue weighted by atomic mass is 19.4. The van der Waals surface area contributed by atoms with Crippen LogP contribution in [0.15, 0.2) is 55.0 Å². The molecule has 4 N–H and O–H groups in total. The number of nitrogens with zero attached hydrogens (tertiary/aromatic N) is 2. The zero-order chi connectivity index (χ0) is 23.9. The molecule has 170 valence electrons. The standard InChI is InChI=1S/C19H17F3N4O2.C2H5NO/c1-12-10-23-11-26(12)15-6-4-14(5-7-15)24-18(27)25-16-9-13(19(20,21)22)3-8-17(16)28-2;1-2(3)4/h3-11H,1-2H3,(H2,24,25,27);1H3,(H2,3,4). The number of imidazole rings is 1. The first kappa shape index (κ1) is 24.3. The van der Waals surface area contributed by atoms with Crippen molar-refractivity contribution in [3.8, 4) is 11.4 Å². The molecule has 0 radical (unpaired) electrons. The Morgan fingerprint density at radius 2 is 1.72 bits per heavy atom. The summed E-state index contributed by atoms with van der Waals surface area (Å²) >= 11 is 0. The van der Waals surface area contributed by atoms with Crippen molar-refractivity contribution in [1.82, 2.24) is 9.55 Å². The van der Waals surface area contributed by atoms with Crippen molar-refractivity contribution in [2.45, 2.75) is 20.0 Å². The fourth-order valence-corrected chi connectivity index (χ4v) is 2.60. The van der Waals surface area contributed by atoms with Gasteiger partial charge in [0.2, 0.25) is 5.91 Å². The molecule has 1 aromatic heterocycles. The number of carbonyl (C=O) groups excluding carboxylic acids is 2. The number of amides is 3. The van der Waals surface area contributed by atoms with E-state index < -0.39 is 17.8 Å². The minimum atomic E-state index is -4.53. The molecular formula is C21H22F3N5O3. The van der Waals surface area contributed by atoms with Crippen LogP contribution in [0.1, 0.15) is 18.2 Å². The number of urea groups is 1. The quantitative estimate of drug-likeness (QED) is 0.550. The van der Waals surface area contributed by atoms with Gasteiger partial charge in [-0.25, -0.2) is 9.78 Å². The van der Waals surface area contributed by atoms with E-state index >= 15 is 0 Å². The molecule has 1 heterocycles. The molecule has 0 saturated heterocycles. The van der Waals surface area contributed by atoms with Crippen molar-refractivity contribution in [3.05, 3.63) is 66.2 Å². The highest BCUT2D eigenvalue weighted by Gasteiger charge is 2.31. The van der Waals surface area contributed by atoms with E-state index in [1.165, 1.54) is 14.0 Å². The molecule has 0 aliphatic rings. The topological polar surface area (TPSA) is 111 Å². The van der Waals surface area contributed by atoms with E-state index in [1.807, 2.05) is 11.5 Å². The zero-order valence-electron chi connectivity index (χ0n) is 17.5. The molecule has 0 saturated carbocycles. The summed E-state index contributed by atoms with van der Waals surface area (Å²) in [4.78, 5) is 25.5. The van der Waals surface area contributed by atoms with E-state index in [9.17, 15) is 22.8 Å². The molecule has 0 aliphatic carbocycles. The van der Waals surface area contributed by atoms with E-state index in [0.29, 0.717) is 5.69 Å². The Hall–Kier alpha value is -4.02. The predicted molar refractivity (Wildman–Crippen MR) is 114 cm³/mol. The molecule has 11 heteroatoms. The molecule has 8 nitrogen and oxygen atoms in total. The van der Waals surface area contributed by atoms with E-state index in [1.54, 1.807) is 36.8 Å². The predicted octanol–water partition coefficient (Wildman–Crippen LogP) is 4.34. The summed E-state index contributed by atoms with van der Waals surface area (Å²) < 4.78 is 45.6. The number of alkyl halides is 3. The fraction of sp³-hybridized carbons (Fsp3) is 0.190. The number of hydrogen-bond donors (Lipinski definition) is 3. The lowest BCUT2D eigenvalue weighted by Crippen LogP contribution is -2.20. The molecule has 0 fully saturated rings. The minimum Gasteiger partial charge on any atom is -0.495 e. The summed E-state index contributed by atoms with van der Waals surface area (Å²) in [6.07, 6.45) is -1.13. The summed E-state index contributed by atoms with van der Waals surface area (Å²) in [5, 5.41) is 4.96. The van der Waals surface area contributed by atoms with Crippen LogP contribution in [0.3, 0.4) is 0 Å². The van der Waals surface area contributed by atoms with Gasteiger partial charge < -0.3 is 25.7 Å². The summed E-state index contributed by atoms with van der Waals surface area (Å²) in [5.41, 5.74) is 5.80. The summed E-state index contributed by atoms with van der Waals surface area (Å²) in [6.45, 7) is 3.22. The Labute approximate surface area is 182 Å². The smallest absolute Gasteiger partial charge is 0.416 e. The van der Waals surface area contributed by atoms with Crippen LogP contribution in [0, 0.1) is 6.92 Å². The normalized spacial score (nSPS) is 10.6. The number of carbonyl (C=O) groups is 2. The van der Waals surface area contributed by atoms with Crippen LogP contribution in [-0.2, 0) is 11.0 Å². The molecule has 0 unspecified atom stereocenters. The lowest BCUT2D eigenvalue weighted by atomic mass is 10.2. The van der Waals surface area contributed by atoms with Gasteiger partial charge in [-0.1, -0.05) is 0 Å². The van der Waals surface area contributed by atoms with Gasteiger partial charge in [0.15, 0.2) is 0 Å². The van der Waals surface area contributed by atoms with Gasteiger partial charge in [0.05, 0.1) is 24.7 Å². The van der Waals surface area contributed by atoms with Crippen LogP contribution in [0.5, 0.6) is 5.75 Å². The van der Waals surface area contributed by atoms with Gasteiger partial charge in [-0.05, 0) is 49.4 Å². The largest absolute Gasteiger partial charge is 0.495 e. The third kappa shape index (κ3) is 6.76. The second-order valence-electron chi connectivity index (χ2n) is 6.55. The van der Waals surface area contributed by atoms with Crippen molar-refractivity contribution in [2.75, 3.05) is 17.7 Å². The molecule has 0 aliphatic heterocycles. The summed E-state index contributed by atoms with van der Waals surface area (Å²) in [6, 6.07) is 9.10. The van der Waals surface area contributed by atoms with Gasteiger partial charge in [0, 0.05) is 30.2 Å². The Morgan fingerprint density at radius 3 is 2.22 bits per heavy atom. The zero-order valence-corrected chi connectivity index (χ0v) is 17.5. The molecule has 3 aromatic rings. The lowest BCUT2D eigenvalue weighted by Gasteiger charge is -2.14. The second-order valence-corrected chi connectivity index (χ2v) is 6.55. The maximum Gasteiger partial charge on any atom is 0.416 e. The Morgan fingerprint density at radius 1 is 1.09 bits per heavy atom. The van der Waals surface area contributed by atoms with Crippen molar-refractivity contribution in [1.29, 1.82) is 0 Å². The first-order valence-electron chi connectivity index (χ1n) is 9.20. The Balaban J connectivity index is 0.000000837. The van der Waals surface area contributed by atoms with E-state index in [4.69, 9.17) is 4.74 Å². The first-order valence-corrected chi connectivity index (χ1v) is 9.20. The van der Waals surface area contributed by atoms with Crippen LogP contribution in [0.4, 0.5) is 29.3 Å². The number of primary amides is 1. The maximum atomic E-state index is 12.9. The molecule has 0 spiro atoms. The average molecular weight is 449 g/mol. The minimum absolute atomic E-state index is 0.0829. The first-order chi connectivity index (χ1) is 15.0. The number of nitrogens with two attached hydrogens (primary N) is 1. The number of benzene rings is 2. The number of aryl methyl sites for hydroxylation is 1. The number of hydrogen-bond acceptors (Lipinski definition) is 4. The van der Waals surface area contributed by atoms with Gasteiger partial charge in [0.1, 0.15) is 5.75 Å². The van der Waals surface area contributed by atoms with Crippen molar-refractivity contribution < 1.29 is 27.5 Å². The van der Waals surface area contributed by atoms with E-state index in [-0.39, 0.29) is 17.3 Å². The van der Waals surface area contributed by atoms with Gasteiger partial charge in [-0.2, -0.15) is 13.2 Å². The highest BCUT2D eigenvalue weighted by Crippen LogP contribution is 2.35. The molecule has 2 aromatic carbocycles. The number of ether oxygens (including phenoxy) is 1. The molecule has 3 rings (SSSR count). The number of nitrogens with one attached hydrogen (secondary N) is 2. The number of rotatable bonds is 4. The van der Waals surface area contributed by atoms with Crippen LogP contribution in [-0.4, -0.2) is 28.6 Å². The number of aromatic nitrogens is 2. The third-order valence-electron chi connectivity index (χ3n) is 4.00. The maximum absolute atomic E-state index is 12.9. The van der Waals surface area contributed by atoms with E-state index in [2.05, 4.69) is 21.4 Å². The molecule has 3 amide bonds. The van der Waals surface area contributed by atoms with Gasteiger partial charge in [-0.3, -0.25) is 4.79 Å². The van der Waals surface area contributed by atoms with E-state index in [0.717, 1.165) is 29.6 Å². The van der Waals surface area contributed by atoms with Gasteiger partial charge >= 0.3 is 12.2 Å². The van der Waals surface area contributed by atoms with Gasteiger partial charge in [-0.15, -0.1) is 0 Å². The second kappa shape index (κ2) is 10.3. The van der Waals surface area contributed by atoms with Gasteiger partial charge in [0.25, 0.3) is 0 Å². The fourth-order valence-electron chi connectivity index (χ4n) is 2.60. The number of halogens is 3. The average Bonchev–Trinajstić information content (AvgIpc) is 3.13. The Bertz CT molecular complexity index is 1080. The van der Waals surface area contributed by atoms with Crippen LogP contribution >= 0.6 is 0 Å². The third-order valence-corrected chi connectivity index (χ3v) is 4.00. The summed E-state index contributed by atoms with van der Waals surface area (Å²) in [7, 11) is 1.31. The van der Waals surface area contributed by atoms with Crippen molar-refractivity contribution in [2.24, 2.45) is 5.73 Å². The molecule has 0 atom stereocenters.